The summed E-state index contributed by atoms with van der Waals surface area (Å²) in [5, 5.41) is 5.11. The zero-order chi connectivity index (χ0) is 21.0. The molecule has 0 amide bonds. The summed E-state index contributed by atoms with van der Waals surface area (Å²) in [4.78, 5) is 26.0. The predicted molar refractivity (Wildman–Crippen MR) is 115 cm³/mol. The highest BCUT2D eigenvalue weighted by molar-refractivity contribution is 6.01. The molecule has 1 aliphatic carbocycles. The number of fused-ring (bicyclic) bond motifs is 3. The lowest BCUT2D eigenvalue weighted by molar-refractivity contribution is 0.256. The number of aromatic nitrogens is 6. The SMILES string of the molecule is C[C@@H]1CCCC[C@@H]1n1c(=O)n(Cc2noc(C(C)(C)C)n2)c2cnc3[nH]ccc3c21. The number of pyridine rings is 1. The quantitative estimate of drug-likeness (QED) is 0.549. The van der Waals surface area contributed by atoms with Crippen molar-refractivity contribution in [3.05, 3.63) is 40.7 Å². The molecule has 1 fully saturated rings. The van der Waals surface area contributed by atoms with Gasteiger partial charge in [0.2, 0.25) is 5.89 Å². The number of rotatable bonds is 3. The van der Waals surface area contributed by atoms with E-state index in [1.165, 1.54) is 6.42 Å². The van der Waals surface area contributed by atoms with E-state index in [0.29, 0.717) is 17.6 Å². The van der Waals surface area contributed by atoms with Gasteiger partial charge in [0.25, 0.3) is 0 Å². The van der Waals surface area contributed by atoms with E-state index in [1.54, 1.807) is 10.8 Å². The second-order valence-electron chi connectivity index (χ2n) is 9.57. The van der Waals surface area contributed by atoms with Gasteiger partial charge in [-0.2, -0.15) is 4.98 Å². The Morgan fingerprint density at radius 2 is 2.07 bits per heavy atom. The number of imidazole rings is 1. The van der Waals surface area contributed by atoms with Crippen LogP contribution in [-0.4, -0.2) is 29.2 Å². The monoisotopic (exact) mass is 408 g/mol. The van der Waals surface area contributed by atoms with Gasteiger partial charge in [-0.3, -0.25) is 9.13 Å². The predicted octanol–water partition coefficient (Wildman–Crippen LogP) is 4.16. The van der Waals surface area contributed by atoms with Crippen LogP contribution in [0.1, 0.15) is 71.1 Å². The average molecular weight is 409 g/mol. The lowest BCUT2D eigenvalue weighted by Crippen LogP contribution is -2.32. The molecule has 0 aromatic carbocycles. The van der Waals surface area contributed by atoms with Crippen molar-refractivity contribution in [2.24, 2.45) is 5.92 Å². The summed E-state index contributed by atoms with van der Waals surface area (Å²) in [6.45, 7) is 8.60. The van der Waals surface area contributed by atoms with E-state index in [-0.39, 0.29) is 23.7 Å². The molecule has 1 N–H and O–H groups in total. The summed E-state index contributed by atoms with van der Waals surface area (Å²) in [6.07, 6.45) is 8.20. The maximum Gasteiger partial charge on any atom is 0.329 e. The highest BCUT2D eigenvalue weighted by Crippen LogP contribution is 2.36. The minimum absolute atomic E-state index is 0.0265. The van der Waals surface area contributed by atoms with E-state index in [9.17, 15) is 4.79 Å². The third-order valence-electron chi connectivity index (χ3n) is 6.31. The number of H-pyrrole nitrogens is 1. The van der Waals surface area contributed by atoms with Crippen molar-refractivity contribution in [1.29, 1.82) is 0 Å². The van der Waals surface area contributed by atoms with Crippen LogP contribution in [0.25, 0.3) is 22.1 Å². The van der Waals surface area contributed by atoms with E-state index in [1.807, 2.05) is 37.6 Å². The first-order valence-corrected chi connectivity index (χ1v) is 10.7. The molecule has 0 saturated heterocycles. The molecule has 5 rings (SSSR count). The van der Waals surface area contributed by atoms with Crippen LogP contribution in [0.2, 0.25) is 0 Å². The van der Waals surface area contributed by atoms with Crippen LogP contribution >= 0.6 is 0 Å². The molecule has 4 aromatic rings. The van der Waals surface area contributed by atoms with Gasteiger partial charge in [-0.1, -0.05) is 45.7 Å². The van der Waals surface area contributed by atoms with E-state index in [0.717, 1.165) is 41.3 Å². The summed E-state index contributed by atoms with van der Waals surface area (Å²) in [5.74, 6) is 1.53. The average Bonchev–Trinajstić information content (AvgIpc) is 3.41. The zero-order valence-corrected chi connectivity index (χ0v) is 18.0. The molecular formula is C22H28N6O2. The van der Waals surface area contributed by atoms with Crippen molar-refractivity contribution < 1.29 is 4.52 Å². The van der Waals surface area contributed by atoms with Crippen LogP contribution in [0, 0.1) is 5.92 Å². The van der Waals surface area contributed by atoms with Crippen molar-refractivity contribution in [1.82, 2.24) is 29.2 Å². The van der Waals surface area contributed by atoms with Crippen molar-refractivity contribution in [3.63, 3.8) is 0 Å². The van der Waals surface area contributed by atoms with E-state index in [2.05, 4.69) is 27.0 Å². The molecule has 1 aliphatic rings. The van der Waals surface area contributed by atoms with Crippen molar-refractivity contribution in [3.8, 4) is 0 Å². The molecule has 0 aliphatic heterocycles. The first kappa shape index (κ1) is 19.1. The molecule has 30 heavy (non-hydrogen) atoms. The van der Waals surface area contributed by atoms with Crippen LogP contribution in [0.15, 0.2) is 27.8 Å². The maximum absolute atomic E-state index is 13.7. The lowest BCUT2D eigenvalue weighted by atomic mass is 9.85. The fraction of sp³-hybridized carbons (Fsp3) is 0.545. The number of aromatic amines is 1. The summed E-state index contributed by atoms with van der Waals surface area (Å²) in [5.41, 5.74) is 2.30. The standard InChI is InChI=1S/C22H28N6O2/c1-13-7-5-6-8-15(13)28-18-14-9-10-23-19(14)24-11-16(18)27(21(28)29)12-17-25-20(30-26-17)22(2,3)4/h9-11,13,15H,5-8,12H2,1-4H3,(H,23,24)/t13-,15+/m1/s1. The van der Waals surface area contributed by atoms with Gasteiger partial charge >= 0.3 is 5.69 Å². The van der Waals surface area contributed by atoms with Gasteiger partial charge < -0.3 is 9.51 Å². The van der Waals surface area contributed by atoms with Gasteiger partial charge in [-0.15, -0.1) is 0 Å². The topological polar surface area (TPSA) is 94.5 Å². The second-order valence-corrected chi connectivity index (χ2v) is 9.57. The van der Waals surface area contributed by atoms with Gasteiger partial charge in [0.05, 0.1) is 23.8 Å². The molecule has 4 heterocycles. The number of nitrogens with zero attached hydrogens (tertiary/aromatic N) is 5. The molecule has 2 atom stereocenters. The Kier molecular flexibility index (Phi) is 4.34. The van der Waals surface area contributed by atoms with Crippen LogP contribution < -0.4 is 5.69 Å². The fourth-order valence-electron chi connectivity index (χ4n) is 4.67. The Balaban J connectivity index is 1.70. The molecule has 0 unspecified atom stereocenters. The molecule has 4 aromatic heterocycles. The number of nitrogens with one attached hydrogen (secondary N) is 1. The molecular weight excluding hydrogens is 380 g/mol. The largest absolute Gasteiger partial charge is 0.346 e. The summed E-state index contributed by atoms with van der Waals surface area (Å²) in [7, 11) is 0. The molecule has 1 saturated carbocycles. The van der Waals surface area contributed by atoms with E-state index in [4.69, 9.17) is 4.52 Å². The Hall–Kier alpha value is -2.90. The second kappa shape index (κ2) is 6.82. The normalized spacial score (nSPS) is 20.4. The third kappa shape index (κ3) is 2.97. The first-order chi connectivity index (χ1) is 14.3. The fourth-order valence-corrected chi connectivity index (χ4v) is 4.67. The third-order valence-corrected chi connectivity index (χ3v) is 6.31. The van der Waals surface area contributed by atoms with E-state index < -0.39 is 0 Å². The molecule has 158 valence electrons. The van der Waals surface area contributed by atoms with E-state index >= 15 is 0 Å². The molecule has 8 heteroatoms. The Bertz CT molecular complexity index is 1270. The zero-order valence-electron chi connectivity index (χ0n) is 18.0. The van der Waals surface area contributed by atoms with Crippen LogP contribution in [0.4, 0.5) is 0 Å². The highest BCUT2D eigenvalue weighted by atomic mass is 16.5. The first-order valence-electron chi connectivity index (χ1n) is 10.7. The maximum atomic E-state index is 13.7. The highest BCUT2D eigenvalue weighted by Gasteiger charge is 2.29. The van der Waals surface area contributed by atoms with Gasteiger partial charge in [-0.25, -0.2) is 9.78 Å². The van der Waals surface area contributed by atoms with Crippen LogP contribution in [0.3, 0.4) is 0 Å². The van der Waals surface area contributed by atoms with Crippen LogP contribution in [-0.2, 0) is 12.0 Å². The smallest absolute Gasteiger partial charge is 0.329 e. The van der Waals surface area contributed by atoms with Gasteiger partial charge in [0.15, 0.2) is 5.82 Å². The Morgan fingerprint density at radius 3 is 2.80 bits per heavy atom. The minimum atomic E-state index is -0.236. The molecule has 8 nitrogen and oxygen atoms in total. The molecule has 0 bridgehead atoms. The van der Waals surface area contributed by atoms with Crippen molar-refractivity contribution in [2.45, 2.75) is 71.4 Å². The number of hydrogen-bond donors (Lipinski definition) is 1. The van der Waals surface area contributed by atoms with Gasteiger partial charge in [-0.05, 0) is 24.8 Å². The Labute approximate surface area is 174 Å². The molecule has 0 radical (unpaired) electrons. The summed E-state index contributed by atoms with van der Waals surface area (Å²) >= 11 is 0. The van der Waals surface area contributed by atoms with Gasteiger partial charge in [0, 0.05) is 23.0 Å². The van der Waals surface area contributed by atoms with Crippen molar-refractivity contribution >= 4 is 22.1 Å². The molecule has 0 spiro atoms. The summed E-state index contributed by atoms with van der Waals surface area (Å²) < 4.78 is 9.19. The van der Waals surface area contributed by atoms with Crippen LogP contribution in [0.5, 0.6) is 0 Å². The minimum Gasteiger partial charge on any atom is -0.346 e. The number of hydrogen-bond acceptors (Lipinski definition) is 5. The van der Waals surface area contributed by atoms with Gasteiger partial charge in [0.1, 0.15) is 5.65 Å². The van der Waals surface area contributed by atoms with Crippen molar-refractivity contribution in [2.75, 3.05) is 0 Å². The Morgan fingerprint density at radius 1 is 1.27 bits per heavy atom. The lowest BCUT2D eigenvalue weighted by Gasteiger charge is -2.29. The summed E-state index contributed by atoms with van der Waals surface area (Å²) in [6, 6.07) is 2.19.